The molecule has 0 aliphatic carbocycles. The predicted molar refractivity (Wildman–Crippen MR) is 66.8 cm³/mol. The summed E-state index contributed by atoms with van der Waals surface area (Å²) in [4.78, 5) is 7.02. The van der Waals surface area contributed by atoms with E-state index in [1.165, 1.54) is 0 Å². The summed E-state index contributed by atoms with van der Waals surface area (Å²) in [6, 6.07) is 0. The number of hydrogen-bond acceptors (Lipinski definition) is 2. The van der Waals surface area contributed by atoms with Crippen LogP contribution >= 0.6 is 0 Å². The highest BCUT2D eigenvalue weighted by Gasteiger charge is 2.09. The Bertz CT molecular complexity index is 422. The van der Waals surface area contributed by atoms with E-state index in [1.807, 2.05) is 20.0 Å². The zero-order valence-electron chi connectivity index (χ0n) is 9.46. The first-order valence-electron chi connectivity index (χ1n) is 4.80. The average Bonchev–Trinajstić information content (AvgIpc) is 2.56. The third kappa shape index (κ3) is 2.37. The number of aromatic nitrogens is 1. The highest BCUT2D eigenvalue weighted by molar-refractivity contribution is 5.87. The van der Waals surface area contributed by atoms with Crippen molar-refractivity contribution in [2.75, 3.05) is 7.05 Å². The van der Waals surface area contributed by atoms with Gasteiger partial charge in [0.15, 0.2) is 0 Å². The molecule has 0 aromatic carbocycles. The molecule has 0 bridgehead atoms. The van der Waals surface area contributed by atoms with Crippen molar-refractivity contribution in [2.45, 2.75) is 13.8 Å². The lowest BCUT2D eigenvalue weighted by molar-refractivity contribution is 1.25. The van der Waals surface area contributed by atoms with E-state index in [-0.39, 0.29) is 0 Å². The molecule has 1 aromatic rings. The third-order valence-electron chi connectivity index (χ3n) is 2.22. The van der Waals surface area contributed by atoms with Gasteiger partial charge in [-0.15, -0.1) is 0 Å². The van der Waals surface area contributed by atoms with Crippen molar-refractivity contribution in [1.82, 2.24) is 4.98 Å². The molecule has 80 valence electrons. The van der Waals surface area contributed by atoms with Crippen LogP contribution in [0.5, 0.6) is 0 Å². The normalized spacial score (nSPS) is 12.3. The van der Waals surface area contributed by atoms with E-state index in [0.29, 0.717) is 5.70 Å². The summed E-state index contributed by atoms with van der Waals surface area (Å²) in [5.74, 6) is 0. The fourth-order valence-corrected chi connectivity index (χ4v) is 1.55. The van der Waals surface area contributed by atoms with Gasteiger partial charge in [-0.25, -0.2) is 0 Å². The number of hydrogen-bond donors (Lipinski definition) is 2. The molecule has 1 aromatic heterocycles. The lowest BCUT2D eigenvalue weighted by Crippen LogP contribution is -1.98. The molecule has 0 amide bonds. The van der Waals surface area contributed by atoms with Gasteiger partial charge in [0, 0.05) is 42.0 Å². The van der Waals surface area contributed by atoms with Gasteiger partial charge in [-0.05, 0) is 25.5 Å². The molecule has 0 radical (unpaired) electrons. The average molecular weight is 203 g/mol. The minimum atomic E-state index is 0.697. The fraction of sp³-hybridized carbons (Fsp3) is 0.250. The Morgan fingerprint density at radius 2 is 2.27 bits per heavy atom. The largest absolute Gasteiger partial charge is 0.398 e. The second-order valence-corrected chi connectivity index (χ2v) is 3.51. The minimum Gasteiger partial charge on any atom is -0.398 e. The first kappa shape index (κ1) is 11.3. The number of H-pyrrole nitrogens is 1. The second kappa shape index (κ2) is 4.64. The highest BCUT2D eigenvalue weighted by Crippen LogP contribution is 2.24. The number of allylic oxidation sites excluding steroid dienone is 2. The first-order chi connectivity index (χ1) is 7.07. The van der Waals surface area contributed by atoms with Crippen molar-refractivity contribution >= 4 is 17.5 Å². The molecule has 15 heavy (non-hydrogen) atoms. The van der Waals surface area contributed by atoms with Crippen molar-refractivity contribution in [3.63, 3.8) is 0 Å². The molecule has 0 saturated heterocycles. The molecule has 0 aliphatic heterocycles. The SMILES string of the molecule is C=C(C)c1c(C(N)=CC=NC)c[nH]c1C. The Labute approximate surface area is 90.4 Å². The monoisotopic (exact) mass is 203 g/mol. The van der Waals surface area contributed by atoms with Crippen molar-refractivity contribution in [3.05, 3.63) is 35.7 Å². The van der Waals surface area contributed by atoms with Crippen LogP contribution in [0.1, 0.15) is 23.7 Å². The van der Waals surface area contributed by atoms with Crippen LogP contribution in [-0.2, 0) is 0 Å². The van der Waals surface area contributed by atoms with Gasteiger partial charge in [0.2, 0.25) is 0 Å². The fourth-order valence-electron chi connectivity index (χ4n) is 1.55. The molecule has 0 spiro atoms. The maximum atomic E-state index is 5.94. The van der Waals surface area contributed by atoms with E-state index >= 15 is 0 Å². The molecule has 1 heterocycles. The first-order valence-corrected chi connectivity index (χ1v) is 4.80. The highest BCUT2D eigenvalue weighted by atomic mass is 14.7. The van der Waals surface area contributed by atoms with Gasteiger partial charge in [0.05, 0.1) is 0 Å². The number of rotatable bonds is 3. The van der Waals surface area contributed by atoms with E-state index in [9.17, 15) is 0 Å². The second-order valence-electron chi connectivity index (χ2n) is 3.51. The number of aryl methyl sites for hydroxylation is 1. The van der Waals surface area contributed by atoms with Crippen LogP contribution in [0.15, 0.2) is 23.8 Å². The van der Waals surface area contributed by atoms with Gasteiger partial charge >= 0.3 is 0 Å². The van der Waals surface area contributed by atoms with Crippen LogP contribution in [0.2, 0.25) is 0 Å². The van der Waals surface area contributed by atoms with E-state index in [1.54, 1.807) is 19.3 Å². The van der Waals surface area contributed by atoms with E-state index in [2.05, 4.69) is 16.6 Å². The Morgan fingerprint density at radius 3 is 2.80 bits per heavy atom. The molecule has 0 fully saturated rings. The molecule has 0 aliphatic rings. The van der Waals surface area contributed by atoms with E-state index in [0.717, 1.165) is 22.4 Å². The summed E-state index contributed by atoms with van der Waals surface area (Å²) in [6.07, 6.45) is 5.36. The third-order valence-corrected chi connectivity index (χ3v) is 2.22. The van der Waals surface area contributed by atoms with Crippen LogP contribution in [0, 0.1) is 6.92 Å². The summed E-state index contributed by atoms with van der Waals surface area (Å²) in [6.45, 7) is 7.93. The number of aromatic amines is 1. The quantitative estimate of drug-likeness (QED) is 0.728. The van der Waals surface area contributed by atoms with Gasteiger partial charge in [0.1, 0.15) is 0 Å². The van der Waals surface area contributed by atoms with E-state index < -0.39 is 0 Å². The summed E-state index contributed by atoms with van der Waals surface area (Å²) >= 11 is 0. The summed E-state index contributed by atoms with van der Waals surface area (Å²) in [7, 11) is 1.71. The minimum absolute atomic E-state index is 0.697. The predicted octanol–water partition coefficient (Wildman–Crippen LogP) is 2.36. The Kier molecular flexibility index (Phi) is 3.50. The van der Waals surface area contributed by atoms with Crippen LogP contribution in [-0.4, -0.2) is 18.2 Å². The molecule has 0 unspecified atom stereocenters. The molecule has 3 heteroatoms. The Balaban J connectivity index is 3.20. The van der Waals surface area contributed by atoms with Crippen LogP contribution in [0.4, 0.5) is 0 Å². The molecule has 0 atom stereocenters. The Morgan fingerprint density at radius 1 is 1.60 bits per heavy atom. The van der Waals surface area contributed by atoms with Crippen molar-refractivity contribution in [3.8, 4) is 0 Å². The van der Waals surface area contributed by atoms with Crippen LogP contribution < -0.4 is 5.73 Å². The molecular weight excluding hydrogens is 186 g/mol. The maximum absolute atomic E-state index is 5.94. The molecule has 3 nitrogen and oxygen atoms in total. The van der Waals surface area contributed by atoms with Crippen LogP contribution in [0.25, 0.3) is 11.3 Å². The molecule has 3 N–H and O–H groups in total. The zero-order valence-corrected chi connectivity index (χ0v) is 9.46. The molecular formula is C12H17N3. The lowest BCUT2D eigenvalue weighted by atomic mass is 10.0. The van der Waals surface area contributed by atoms with Gasteiger partial charge in [-0.2, -0.15) is 0 Å². The number of nitrogens with zero attached hydrogens (tertiary/aromatic N) is 1. The zero-order chi connectivity index (χ0) is 11.4. The van der Waals surface area contributed by atoms with E-state index in [4.69, 9.17) is 5.73 Å². The van der Waals surface area contributed by atoms with Crippen LogP contribution in [0.3, 0.4) is 0 Å². The van der Waals surface area contributed by atoms with Crippen molar-refractivity contribution in [2.24, 2.45) is 10.7 Å². The maximum Gasteiger partial charge on any atom is 0.0424 e. The lowest BCUT2D eigenvalue weighted by Gasteiger charge is -2.04. The summed E-state index contributed by atoms with van der Waals surface area (Å²) < 4.78 is 0. The number of nitrogens with one attached hydrogen (secondary N) is 1. The topological polar surface area (TPSA) is 54.2 Å². The number of aliphatic imine (C=N–C) groups is 1. The number of nitrogens with two attached hydrogens (primary N) is 1. The molecule has 1 rings (SSSR count). The molecule has 0 saturated carbocycles. The Hall–Kier alpha value is -1.77. The van der Waals surface area contributed by atoms with Crippen molar-refractivity contribution in [1.29, 1.82) is 0 Å². The smallest absolute Gasteiger partial charge is 0.0424 e. The summed E-state index contributed by atoms with van der Waals surface area (Å²) in [5.41, 5.74) is 10.8. The van der Waals surface area contributed by atoms with Crippen molar-refractivity contribution < 1.29 is 0 Å². The van der Waals surface area contributed by atoms with Gasteiger partial charge in [0.25, 0.3) is 0 Å². The van der Waals surface area contributed by atoms with Gasteiger partial charge in [-0.1, -0.05) is 6.58 Å². The standard InChI is InChI=1S/C12H17N3/c1-8(2)12-9(3)15-7-10(12)11(13)5-6-14-4/h5-7,15H,1,13H2,2-4H3. The summed E-state index contributed by atoms with van der Waals surface area (Å²) in [5, 5.41) is 0. The van der Waals surface area contributed by atoms with Gasteiger partial charge in [-0.3, -0.25) is 4.99 Å². The van der Waals surface area contributed by atoms with Gasteiger partial charge < -0.3 is 10.7 Å².